The van der Waals surface area contributed by atoms with Gasteiger partial charge in [0.15, 0.2) is 0 Å². The Morgan fingerprint density at radius 3 is 1.24 bits per heavy atom. The van der Waals surface area contributed by atoms with Crippen LogP contribution < -0.4 is 9.80 Å². The predicted molar refractivity (Wildman–Crippen MR) is 363 cm³/mol. The summed E-state index contributed by atoms with van der Waals surface area (Å²) in [5.41, 5.74) is 35.3. The minimum Gasteiger partial charge on any atom is -0.334 e. The van der Waals surface area contributed by atoms with Gasteiger partial charge in [0.2, 0.25) is 0 Å². The molecule has 1 atom stereocenters. The van der Waals surface area contributed by atoms with Crippen molar-refractivity contribution in [2.24, 2.45) is 0 Å². The molecule has 0 aliphatic heterocycles. The second-order valence-corrected chi connectivity index (χ2v) is 27.1. The van der Waals surface area contributed by atoms with Gasteiger partial charge >= 0.3 is 0 Å². The van der Waals surface area contributed by atoms with Crippen LogP contribution in [0, 0.1) is 0 Å². The summed E-state index contributed by atoms with van der Waals surface area (Å²) >= 11 is 0. The summed E-state index contributed by atoms with van der Waals surface area (Å²) in [6.07, 6.45) is 12.8. The third-order valence-corrected chi connectivity index (χ3v) is 20.9. The van der Waals surface area contributed by atoms with Crippen LogP contribution in [-0.4, -0.2) is 6.04 Å². The molecule has 0 radical (unpaired) electrons. The van der Waals surface area contributed by atoms with Gasteiger partial charge in [0.1, 0.15) is 0 Å². The van der Waals surface area contributed by atoms with Crippen LogP contribution in [0.4, 0.5) is 28.4 Å². The monoisotopic (exact) mass is 1110 g/mol. The van der Waals surface area contributed by atoms with Crippen molar-refractivity contribution in [2.75, 3.05) is 9.80 Å². The normalized spacial score (nSPS) is 17.9. The Labute approximate surface area is 508 Å². The van der Waals surface area contributed by atoms with E-state index >= 15 is 0 Å². The van der Waals surface area contributed by atoms with Crippen molar-refractivity contribution in [3.8, 4) is 44.5 Å². The topological polar surface area (TPSA) is 6.48 Å². The minimum atomic E-state index is -0.121. The first kappa shape index (κ1) is 52.3. The molecule has 0 heterocycles. The summed E-state index contributed by atoms with van der Waals surface area (Å²) in [6.45, 7) is 19.1. The molecule has 16 rings (SSSR count). The molecule has 10 aromatic rings. The van der Waals surface area contributed by atoms with Crippen LogP contribution in [0.1, 0.15) is 130 Å². The van der Waals surface area contributed by atoms with Gasteiger partial charge in [-0.05, 0) is 202 Å². The zero-order valence-electron chi connectivity index (χ0n) is 50.8. The summed E-state index contributed by atoms with van der Waals surface area (Å²) in [5.74, 6) is 0. The standard InChI is InChI=1S/C84H72N2/c1-81(2)73-27-13-9-23-65(73)69-43-39-61(49-77(69)81)85(62-40-44-70-66-24-10-14-28-74(66)82(3,4)78(70)50-62)59-21-17-19-57(47-59)55-35-31-53(32-36-55)54-33-37-56(38-34-54)58-20-18-22-60(48-58)86(63-41-45-71-67-25-11-15-29-75(67)83(5,6)79(71)51-63)64-42-46-72-68-26-12-16-30-76(68)84(7,8)80(72)52-64/h9-33,35-37,39-41,43-52,64H,34,38,42H2,1-8H3. The van der Waals surface area contributed by atoms with Crippen molar-refractivity contribution >= 4 is 45.2 Å². The molecule has 2 heteroatoms. The van der Waals surface area contributed by atoms with Crippen LogP contribution >= 0.6 is 0 Å². The smallest absolute Gasteiger partial charge is 0.0563 e. The van der Waals surface area contributed by atoms with E-state index < -0.39 is 0 Å². The first-order valence-electron chi connectivity index (χ1n) is 31.2. The summed E-state index contributed by atoms with van der Waals surface area (Å²) in [4.78, 5) is 5.13. The number of anilines is 5. The fourth-order valence-corrected chi connectivity index (χ4v) is 16.2. The van der Waals surface area contributed by atoms with E-state index in [1.807, 2.05) is 0 Å². The molecule has 0 fully saturated rings. The van der Waals surface area contributed by atoms with Gasteiger partial charge in [-0.2, -0.15) is 0 Å². The van der Waals surface area contributed by atoms with E-state index in [0.29, 0.717) is 0 Å². The van der Waals surface area contributed by atoms with Gasteiger partial charge in [0.25, 0.3) is 0 Å². The van der Waals surface area contributed by atoms with Crippen LogP contribution in [0.3, 0.4) is 0 Å². The molecule has 418 valence electrons. The molecule has 0 saturated heterocycles. The predicted octanol–water partition coefficient (Wildman–Crippen LogP) is 22.2. The summed E-state index contributed by atoms with van der Waals surface area (Å²) < 4.78 is 0. The first-order chi connectivity index (χ1) is 41.6. The zero-order valence-corrected chi connectivity index (χ0v) is 50.8. The Morgan fingerprint density at radius 2 is 0.709 bits per heavy atom. The fourth-order valence-electron chi connectivity index (χ4n) is 16.2. The van der Waals surface area contributed by atoms with E-state index in [-0.39, 0.29) is 27.7 Å². The molecule has 0 saturated carbocycles. The first-order valence-corrected chi connectivity index (χ1v) is 31.2. The highest BCUT2D eigenvalue weighted by atomic mass is 15.2. The number of nitrogens with zero attached hydrogens (tertiary/aromatic N) is 2. The average molecular weight is 1110 g/mol. The van der Waals surface area contributed by atoms with Gasteiger partial charge < -0.3 is 9.80 Å². The molecule has 6 aliphatic carbocycles. The van der Waals surface area contributed by atoms with Crippen LogP contribution in [-0.2, 0) is 21.7 Å². The second kappa shape index (κ2) is 19.1. The van der Waals surface area contributed by atoms with Crippen molar-refractivity contribution in [2.45, 2.75) is 102 Å². The van der Waals surface area contributed by atoms with Gasteiger partial charge in [0, 0.05) is 50.1 Å². The molecule has 2 nitrogen and oxygen atoms in total. The highest BCUT2D eigenvalue weighted by molar-refractivity contribution is 5.93. The van der Waals surface area contributed by atoms with Gasteiger partial charge in [-0.25, -0.2) is 0 Å². The number of fused-ring (bicyclic) bond motifs is 12. The second-order valence-electron chi connectivity index (χ2n) is 27.1. The van der Waals surface area contributed by atoms with Gasteiger partial charge in [-0.15, -0.1) is 0 Å². The summed E-state index contributed by atoms with van der Waals surface area (Å²) in [6, 6.07) is 85.5. The molecule has 10 aromatic carbocycles. The molecule has 86 heavy (non-hydrogen) atoms. The molecular formula is C84H72N2. The van der Waals surface area contributed by atoms with E-state index in [2.05, 4.69) is 314 Å². The van der Waals surface area contributed by atoms with E-state index in [1.54, 1.807) is 0 Å². The van der Waals surface area contributed by atoms with Crippen molar-refractivity contribution in [3.63, 3.8) is 0 Å². The lowest BCUT2D eigenvalue weighted by Gasteiger charge is -2.36. The lowest BCUT2D eigenvalue weighted by atomic mass is 9.79. The molecule has 0 N–H and O–H groups in total. The lowest BCUT2D eigenvalue weighted by molar-refractivity contribution is 0.644. The van der Waals surface area contributed by atoms with E-state index in [9.17, 15) is 0 Å². The van der Waals surface area contributed by atoms with Gasteiger partial charge in [0.05, 0.1) is 6.04 Å². The Bertz CT molecular complexity index is 4510. The lowest BCUT2D eigenvalue weighted by Crippen LogP contribution is -2.32. The minimum absolute atomic E-state index is 0.0775. The average Bonchev–Trinajstić information content (AvgIpc) is 1.70. The highest BCUT2D eigenvalue weighted by Crippen LogP contribution is 2.56. The number of hydrogen-bond donors (Lipinski definition) is 0. The summed E-state index contributed by atoms with van der Waals surface area (Å²) in [5, 5.41) is 0. The SMILES string of the molecule is CC1(C)C2=CC(N(c3cccc(C4=CC=C(c5ccc(-c6cccc(N(c7ccc8c(c7)C(C)(C)c7ccccc7-8)c7ccc8c(c7)C(C)(C)c7ccccc7-8)c6)cc5)CC4)c3)c3ccc4c(c3)C(C)(C)c3ccccc3-4)CC=C2c2ccccc21. The molecule has 0 amide bonds. The summed E-state index contributed by atoms with van der Waals surface area (Å²) in [7, 11) is 0. The van der Waals surface area contributed by atoms with Gasteiger partial charge in [-0.1, -0.05) is 243 Å². The Kier molecular flexibility index (Phi) is 11.6. The molecule has 6 aliphatic rings. The van der Waals surface area contributed by atoms with E-state index in [1.165, 1.54) is 145 Å². The van der Waals surface area contributed by atoms with Crippen LogP contribution in [0.25, 0.3) is 61.2 Å². The highest BCUT2D eigenvalue weighted by Gasteiger charge is 2.42. The van der Waals surface area contributed by atoms with E-state index in [4.69, 9.17) is 0 Å². The molecule has 0 bridgehead atoms. The fraction of sp³-hybridized carbons (Fsp3) is 0.190. The maximum atomic E-state index is 2.64. The van der Waals surface area contributed by atoms with Crippen molar-refractivity contribution < 1.29 is 0 Å². The van der Waals surface area contributed by atoms with Gasteiger partial charge in [-0.3, -0.25) is 0 Å². The van der Waals surface area contributed by atoms with Crippen LogP contribution in [0.15, 0.2) is 254 Å². The molecular weight excluding hydrogens is 1040 g/mol. The maximum Gasteiger partial charge on any atom is 0.0563 e. The Morgan fingerprint density at radius 1 is 0.314 bits per heavy atom. The van der Waals surface area contributed by atoms with Crippen LogP contribution in [0.5, 0.6) is 0 Å². The van der Waals surface area contributed by atoms with Crippen molar-refractivity contribution in [3.05, 3.63) is 310 Å². The third-order valence-electron chi connectivity index (χ3n) is 20.9. The van der Waals surface area contributed by atoms with Crippen molar-refractivity contribution in [1.29, 1.82) is 0 Å². The Hall–Kier alpha value is -9.24. The quantitative estimate of drug-likeness (QED) is 0.142. The van der Waals surface area contributed by atoms with Crippen LogP contribution in [0.2, 0.25) is 0 Å². The van der Waals surface area contributed by atoms with E-state index in [0.717, 1.165) is 24.9 Å². The number of benzene rings is 10. The molecule has 1 unspecified atom stereocenters. The molecule has 0 aromatic heterocycles. The molecule has 0 spiro atoms. The number of allylic oxidation sites excluding steroid dienone is 6. The number of hydrogen-bond acceptors (Lipinski definition) is 2. The third kappa shape index (κ3) is 7.91. The maximum absolute atomic E-state index is 2.64. The zero-order chi connectivity index (χ0) is 58.4. The number of rotatable bonds is 9. The Balaban J connectivity index is 0.712. The largest absolute Gasteiger partial charge is 0.334 e. The van der Waals surface area contributed by atoms with Crippen molar-refractivity contribution in [1.82, 2.24) is 0 Å².